The lowest BCUT2D eigenvalue weighted by Crippen LogP contribution is -2.30. The molecule has 0 aromatic heterocycles. The molecule has 0 saturated heterocycles. The van der Waals surface area contributed by atoms with E-state index in [2.05, 4.69) is 81.5 Å². The van der Waals surface area contributed by atoms with Gasteiger partial charge in [-0.25, -0.2) is 0 Å². The minimum atomic E-state index is -0.541. The number of esters is 2. The van der Waals surface area contributed by atoms with Crippen LogP contribution >= 0.6 is 0 Å². The van der Waals surface area contributed by atoms with Crippen LogP contribution < -0.4 is 0 Å². The van der Waals surface area contributed by atoms with Crippen molar-refractivity contribution in [2.45, 2.75) is 194 Å². The Morgan fingerprint density at radius 1 is 0.460 bits per heavy atom. The number of ether oxygens (including phenoxy) is 3. The molecular weight excluding hydrogens is 620 g/mol. The van der Waals surface area contributed by atoms with Crippen molar-refractivity contribution < 1.29 is 23.8 Å². The number of carbonyl (C=O) groups excluding carboxylic acids is 2. The summed E-state index contributed by atoms with van der Waals surface area (Å²) in [5.74, 6) is -0.442. The Bertz CT molecular complexity index is 884. The molecule has 0 aliphatic rings. The highest BCUT2D eigenvalue weighted by molar-refractivity contribution is 5.70. The highest BCUT2D eigenvalue weighted by Gasteiger charge is 2.17. The monoisotopic (exact) mass is 699 g/mol. The van der Waals surface area contributed by atoms with Gasteiger partial charge in [-0.3, -0.25) is 9.59 Å². The largest absolute Gasteiger partial charge is 0.462 e. The van der Waals surface area contributed by atoms with E-state index in [0.717, 1.165) is 83.5 Å². The molecule has 0 aromatic rings. The number of carbonyl (C=O) groups is 2. The lowest BCUT2D eigenvalue weighted by molar-refractivity contribution is -0.163. The van der Waals surface area contributed by atoms with Gasteiger partial charge in [-0.2, -0.15) is 0 Å². The van der Waals surface area contributed by atoms with Crippen LogP contribution in [0.4, 0.5) is 0 Å². The van der Waals surface area contributed by atoms with Gasteiger partial charge in [0, 0.05) is 19.4 Å². The standard InChI is InChI=1S/C45H78O5/c1-4-7-10-13-16-18-19-20-21-22-23-24-25-26-27-29-30-32-35-38-44(46)49-42-43(41-48-40-37-34-15-12-9-6-3)50-45(47)39-36-33-31-28-17-14-11-8-5-2/h7,10,16,18,20-21,23-24,26-27,43H,4-6,8-9,11-15,17,19,22,25,28-42H2,1-3H3/b10-7-,18-16-,21-20-,24-23-,27-26-. The quantitative estimate of drug-likeness (QED) is 0.0367. The van der Waals surface area contributed by atoms with Crippen LogP contribution in [0.15, 0.2) is 60.8 Å². The molecule has 50 heavy (non-hydrogen) atoms. The zero-order valence-corrected chi connectivity index (χ0v) is 32.9. The topological polar surface area (TPSA) is 61.8 Å². The summed E-state index contributed by atoms with van der Waals surface area (Å²) in [5.41, 5.74) is 0. The Balaban J connectivity index is 4.17. The van der Waals surface area contributed by atoms with Gasteiger partial charge in [-0.05, 0) is 64.2 Å². The number of hydrogen-bond acceptors (Lipinski definition) is 5. The van der Waals surface area contributed by atoms with Gasteiger partial charge in [-0.1, -0.05) is 171 Å². The zero-order valence-electron chi connectivity index (χ0n) is 32.9. The van der Waals surface area contributed by atoms with Gasteiger partial charge in [0.2, 0.25) is 0 Å². The summed E-state index contributed by atoms with van der Waals surface area (Å²) >= 11 is 0. The van der Waals surface area contributed by atoms with E-state index in [9.17, 15) is 9.59 Å². The SMILES string of the molecule is CC/C=C\C/C=C\C/C=C\C/C=C\C/C=C\CCCCCC(=O)OCC(COCCCCCCCC)OC(=O)CCCCCCCCCCC. The molecule has 0 heterocycles. The van der Waals surface area contributed by atoms with Gasteiger partial charge in [-0.15, -0.1) is 0 Å². The first-order valence-corrected chi connectivity index (χ1v) is 20.8. The lowest BCUT2D eigenvalue weighted by atomic mass is 10.1. The highest BCUT2D eigenvalue weighted by atomic mass is 16.6. The fraction of sp³-hybridized carbons (Fsp3) is 0.733. The van der Waals surface area contributed by atoms with Crippen molar-refractivity contribution in [3.8, 4) is 0 Å². The summed E-state index contributed by atoms with van der Waals surface area (Å²) in [4.78, 5) is 25.0. The molecule has 5 heteroatoms. The molecule has 0 aliphatic carbocycles. The van der Waals surface area contributed by atoms with Gasteiger partial charge in [0.15, 0.2) is 6.10 Å². The number of unbranched alkanes of at least 4 members (excludes halogenated alkanes) is 16. The number of rotatable bonds is 37. The molecule has 0 N–H and O–H groups in total. The Hall–Kier alpha value is -2.40. The van der Waals surface area contributed by atoms with Crippen molar-refractivity contribution >= 4 is 11.9 Å². The molecule has 0 rings (SSSR count). The molecule has 288 valence electrons. The Labute approximate surface area is 309 Å². The van der Waals surface area contributed by atoms with E-state index in [1.165, 1.54) is 70.6 Å². The third-order valence-corrected chi connectivity index (χ3v) is 8.57. The first-order valence-electron chi connectivity index (χ1n) is 20.8. The summed E-state index contributed by atoms with van der Waals surface area (Å²) in [6.45, 7) is 7.61. The highest BCUT2D eigenvalue weighted by Crippen LogP contribution is 2.12. The van der Waals surface area contributed by atoms with E-state index in [1.54, 1.807) is 0 Å². The molecule has 0 bridgehead atoms. The van der Waals surface area contributed by atoms with Crippen molar-refractivity contribution in [2.24, 2.45) is 0 Å². The van der Waals surface area contributed by atoms with Crippen molar-refractivity contribution in [3.05, 3.63) is 60.8 Å². The van der Waals surface area contributed by atoms with Crippen LogP contribution in [0.3, 0.4) is 0 Å². The average molecular weight is 699 g/mol. The molecule has 0 radical (unpaired) electrons. The Morgan fingerprint density at radius 2 is 0.900 bits per heavy atom. The summed E-state index contributed by atoms with van der Waals surface area (Å²) in [7, 11) is 0. The van der Waals surface area contributed by atoms with Crippen LogP contribution in [0.1, 0.15) is 188 Å². The molecule has 1 atom stereocenters. The second-order valence-corrected chi connectivity index (χ2v) is 13.5. The van der Waals surface area contributed by atoms with Gasteiger partial charge in [0.05, 0.1) is 6.61 Å². The maximum Gasteiger partial charge on any atom is 0.306 e. The lowest BCUT2D eigenvalue weighted by Gasteiger charge is -2.18. The second-order valence-electron chi connectivity index (χ2n) is 13.5. The molecule has 0 aromatic carbocycles. The van der Waals surface area contributed by atoms with Crippen LogP contribution in [0.5, 0.6) is 0 Å². The van der Waals surface area contributed by atoms with E-state index < -0.39 is 6.10 Å². The van der Waals surface area contributed by atoms with Crippen LogP contribution in [0.2, 0.25) is 0 Å². The van der Waals surface area contributed by atoms with Gasteiger partial charge >= 0.3 is 11.9 Å². The van der Waals surface area contributed by atoms with Crippen LogP contribution in [0.25, 0.3) is 0 Å². The molecular formula is C45H78O5. The van der Waals surface area contributed by atoms with Crippen molar-refractivity contribution in [1.29, 1.82) is 0 Å². The van der Waals surface area contributed by atoms with Gasteiger partial charge in [0.25, 0.3) is 0 Å². The van der Waals surface area contributed by atoms with Crippen molar-refractivity contribution in [3.63, 3.8) is 0 Å². The van der Waals surface area contributed by atoms with Crippen molar-refractivity contribution in [1.82, 2.24) is 0 Å². The second kappa shape index (κ2) is 41.0. The fourth-order valence-corrected chi connectivity index (χ4v) is 5.48. The van der Waals surface area contributed by atoms with E-state index >= 15 is 0 Å². The van der Waals surface area contributed by atoms with E-state index in [0.29, 0.717) is 19.4 Å². The summed E-state index contributed by atoms with van der Waals surface area (Å²) in [6, 6.07) is 0. The smallest absolute Gasteiger partial charge is 0.306 e. The first-order chi connectivity index (χ1) is 24.6. The predicted octanol–water partition coefficient (Wildman–Crippen LogP) is 13.4. The van der Waals surface area contributed by atoms with Crippen LogP contribution in [0, 0.1) is 0 Å². The molecule has 0 saturated carbocycles. The molecule has 0 amide bonds. The molecule has 0 fully saturated rings. The van der Waals surface area contributed by atoms with Crippen LogP contribution in [-0.2, 0) is 23.8 Å². The molecule has 5 nitrogen and oxygen atoms in total. The van der Waals surface area contributed by atoms with Gasteiger partial charge in [0.1, 0.15) is 6.61 Å². The van der Waals surface area contributed by atoms with E-state index in [4.69, 9.17) is 14.2 Å². The number of hydrogen-bond donors (Lipinski definition) is 0. The predicted molar refractivity (Wildman–Crippen MR) is 214 cm³/mol. The average Bonchev–Trinajstić information content (AvgIpc) is 3.11. The number of allylic oxidation sites excluding steroid dienone is 10. The van der Waals surface area contributed by atoms with E-state index in [1.807, 2.05) is 0 Å². The molecule has 0 spiro atoms. The minimum absolute atomic E-state index is 0.0683. The minimum Gasteiger partial charge on any atom is -0.462 e. The molecule has 0 aliphatic heterocycles. The summed E-state index contributed by atoms with van der Waals surface area (Å²) < 4.78 is 17.1. The maximum absolute atomic E-state index is 12.6. The molecule has 1 unspecified atom stereocenters. The third kappa shape index (κ3) is 38.4. The first kappa shape index (κ1) is 47.6. The van der Waals surface area contributed by atoms with Crippen molar-refractivity contribution in [2.75, 3.05) is 19.8 Å². The third-order valence-electron chi connectivity index (χ3n) is 8.57. The van der Waals surface area contributed by atoms with E-state index in [-0.39, 0.29) is 25.2 Å². The summed E-state index contributed by atoms with van der Waals surface area (Å²) in [5, 5.41) is 0. The normalized spacial score (nSPS) is 12.8. The fourth-order valence-electron chi connectivity index (χ4n) is 5.48. The zero-order chi connectivity index (χ0) is 36.4. The summed E-state index contributed by atoms with van der Waals surface area (Å²) in [6.07, 6.45) is 49.4. The Morgan fingerprint density at radius 3 is 1.44 bits per heavy atom. The maximum atomic E-state index is 12.6. The van der Waals surface area contributed by atoms with Gasteiger partial charge < -0.3 is 14.2 Å². The Kier molecular flexibility index (Phi) is 39.1. The van der Waals surface area contributed by atoms with Crippen LogP contribution in [-0.4, -0.2) is 37.9 Å².